The lowest BCUT2D eigenvalue weighted by Crippen LogP contribution is -2.31. The Morgan fingerprint density at radius 2 is 1.92 bits per heavy atom. The van der Waals surface area contributed by atoms with Crippen LogP contribution in [-0.4, -0.2) is 57.6 Å². The molecular weight excluding hydrogens is 486 g/mol. The third-order valence-electron chi connectivity index (χ3n) is 6.67. The highest BCUT2D eigenvalue weighted by Gasteiger charge is 2.46. The van der Waals surface area contributed by atoms with Crippen molar-refractivity contribution < 1.29 is 28.9 Å². The number of imidazole rings is 1. The van der Waals surface area contributed by atoms with Gasteiger partial charge in [-0.2, -0.15) is 0 Å². The number of aromatic nitrogens is 2. The third-order valence-corrected chi connectivity index (χ3v) is 6.67. The van der Waals surface area contributed by atoms with Gasteiger partial charge in [-0.25, -0.2) is 4.98 Å². The first-order chi connectivity index (χ1) is 18.6. The van der Waals surface area contributed by atoms with Gasteiger partial charge in [0.05, 0.1) is 24.5 Å². The van der Waals surface area contributed by atoms with Crippen LogP contribution in [0.2, 0.25) is 0 Å². The molecule has 1 atom stereocenters. The molecule has 9 nitrogen and oxygen atoms in total. The molecule has 1 fully saturated rings. The van der Waals surface area contributed by atoms with Crippen LogP contribution in [0.5, 0.6) is 17.2 Å². The highest BCUT2D eigenvalue weighted by molar-refractivity contribution is 6.46. The molecule has 2 aliphatic rings. The van der Waals surface area contributed by atoms with Crippen molar-refractivity contribution in [3.8, 4) is 17.2 Å². The van der Waals surface area contributed by atoms with Gasteiger partial charge in [0.25, 0.3) is 11.7 Å². The number of nitrogens with zero attached hydrogens (tertiary/aromatic N) is 3. The normalized spacial score (nSPS) is 18.1. The summed E-state index contributed by atoms with van der Waals surface area (Å²) >= 11 is 0. The van der Waals surface area contributed by atoms with E-state index in [0.29, 0.717) is 67.7 Å². The smallest absolute Gasteiger partial charge is 0.295 e. The molecule has 0 radical (unpaired) electrons. The lowest BCUT2D eigenvalue weighted by molar-refractivity contribution is -0.139. The van der Waals surface area contributed by atoms with Gasteiger partial charge >= 0.3 is 0 Å². The van der Waals surface area contributed by atoms with E-state index in [1.54, 1.807) is 30.7 Å². The standard InChI is InChI=1S/C29H31N3O6/c1-2-3-14-36-22-7-4-6-20(17-22)26-25(27(33)21-8-9-23-24(18-21)38-16-15-37-23)28(34)29(35)32(26)12-5-11-31-13-10-30-19-31/h4,6-10,13,17-19,26,33H,2-3,5,11-12,14-16H2,1H3/b27-25-. The molecule has 5 rings (SSSR count). The van der Waals surface area contributed by atoms with Crippen LogP contribution in [-0.2, 0) is 16.1 Å². The van der Waals surface area contributed by atoms with Gasteiger partial charge in [0, 0.05) is 31.0 Å². The minimum atomic E-state index is -0.763. The highest BCUT2D eigenvalue weighted by Crippen LogP contribution is 2.41. The first kappa shape index (κ1) is 25.4. The second kappa shape index (κ2) is 11.4. The maximum Gasteiger partial charge on any atom is 0.295 e. The largest absolute Gasteiger partial charge is 0.507 e. The summed E-state index contributed by atoms with van der Waals surface area (Å²) in [5.41, 5.74) is 1.12. The number of Topliss-reactive ketones (excluding diaryl/α,β-unsaturated/α-hetero) is 1. The SMILES string of the molecule is CCCCOc1cccc(C2/C(=C(/O)c3ccc4c(c3)OCCO4)C(=O)C(=O)N2CCCn2ccnc2)c1. The van der Waals surface area contributed by atoms with Crippen LogP contribution in [0.25, 0.3) is 5.76 Å². The average molecular weight is 518 g/mol. The minimum Gasteiger partial charge on any atom is -0.507 e. The second-order valence-corrected chi connectivity index (χ2v) is 9.28. The molecule has 1 unspecified atom stereocenters. The van der Waals surface area contributed by atoms with E-state index < -0.39 is 17.7 Å². The summed E-state index contributed by atoms with van der Waals surface area (Å²) < 4.78 is 19.1. The predicted octanol–water partition coefficient (Wildman–Crippen LogP) is 4.35. The molecule has 3 aromatic rings. The number of ketones is 1. The van der Waals surface area contributed by atoms with E-state index in [-0.39, 0.29) is 11.3 Å². The first-order valence-corrected chi connectivity index (χ1v) is 12.9. The Labute approximate surface area is 221 Å². The number of benzene rings is 2. The van der Waals surface area contributed by atoms with Crippen LogP contribution in [0.3, 0.4) is 0 Å². The van der Waals surface area contributed by atoms with E-state index in [2.05, 4.69) is 11.9 Å². The van der Waals surface area contributed by atoms with E-state index in [0.717, 1.165) is 12.8 Å². The van der Waals surface area contributed by atoms with Crippen LogP contribution in [0, 0.1) is 0 Å². The zero-order valence-corrected chi connectivity index (χ0v) is 21.3. The van der Waals surface area contributed by atoms with Gasteiger partial charge in [0.1, 0.15) is 24.7 Å². The zero-order chi connectivity index (χ0) is 26.5. The lowest BCUT2D eigenvalue weighted by Gasteiger charge is -2.26. The van der Waals surface area contributed by atoms with Gasteiger partial charge in [-0.1, -0.05) is 25.5 Å². The Bertz CT molecular complexity index is 1330. The van der Waals surface area contributed by atoms with Gasteiger partial charge in [-0.3, -0.25) is 9.59 Å². The number of unbranched alkanes of at least 4 members (excludes halogenated alkanes) is 1. The summed E-state index contributed by atoms with van der Waals surface area (Å²) in [6.45, 7) is 4.46. The number of amides is 1. The maximum absolute atomic E-state index is 13.4. The molecule has 1 aromatic heterocycles. The number of rotatable bonds is 10. The molecule has 2 aromatic carbocycles. The molecule has 0 saturated carbocycles. The van der Waals surface area contributed by atoms with Crippen LogP contribution in [0.4, 0.5) is 0 Å². The Kier molecular flexibility index (Phi) is 7.62. The maximum atomic E-state index is 13.4. The van der Waals surface area contributed by atoms with Crippen molar-refractivity contribution in [2.75, 3.05) is 26.4 Å². The molecule has 0 bridgehead atoms. The van der Waals surface area contributed by atoms with Crippen molar-refractivity contribution in [3.05, 3.63) is 77.9 Å². The number of likely N-dealkylation sites (tertiary alicyclic amines) is 1. The quantitative estimate of drug-likeness (QED) is 0.185. The average Bonchev–Trinajstić information content (AvgIpc) is 3.55. The summed E-state index contributed by atoms with van der Waals surface area (Å²) in [4.78, 5) is 32.3. The Morgan fingerprint density at radius 1 is 1.08 bits per heavy atom. The van der Waals surface area contributed by atoms with Crippen molar-refractivity contribution in [1.29, 1.82) is 0 Å². The number of carbonyl (C=O) groups excluding carboxylic acids is 2. The van der Waals surface area contributed by atoms with Crippen LogP contribution < -0.4 is 14.2 Å². The molecule has 38 heavy (non-hydrogen) atoms. The summed E-state index contributed by atoms with van der Waals surface area (Å²) in [6.07, 6.45) is 7.79. The van der Waals surface area contributed by atoms with Crippen molar-refractivity contribution in [1.82, 2.24) is 14.5 Å². The van der Waals surface area contributed by atoms with E-state index >= 15 is 0 Å². The lowest BCUT2D eigenvalue weighted by atomic mass is 9.95. The zero-order valence-electron chi connectivity index (χ0n) is 21.3. The Balaban J connectivity index is 1.52. The van der Waals surface area contributed by atoms with Crippen LogP contribution in [0.1, 0.15) is 43.4 Å². The van der Waals surface area contributed by atoms with Crippen molar-refractivity contribution in [2.24, 2.45) is 0 Å². The molecule has 1 amide bonds. The fourth-order valence-electron chi connectivity index (χ4n) is 4.75. The molecule has 0 spiro atoms. The Morgan fingerprint density at radius 3 is 2.71 bits per heavy atom. The number of aliphatic hydroxyl groups excluding tert-OH is 1. The van der Waals surface area contributed by atoms with Crippen LogP contribution >= 0.6 is 0 Å². The van der Waals surface area contributed by atoms with Crippen molar-refractivity contribution in [3.63, 3.8) is 0 Å². The van der Waals surface area contributed by atoms with Gasteiger partial charge in [0.2, 0.25) is 0 Å². The predicted molar refractivity (Wildman–Crippen MR) is 140 cm³/mol. The second-order valence-electron chi connectivity index (χ2n) is 9.28. The number of aliphatic hydroxyl groups is 1. The molecule has 1 N–H and O–H groups in total. The number of fused-ring (bicyclic) bond motifs is 1. The molecule has 1 saturated heterocycles. The van der Waals surface area contributed by atoms with Crippen molar-refractivity contribution in [2.45, 2.75) is 38.8 Å². The van der Waals surface area contributed by atoms with Gasteiger partial charge < -0.3 is 28.8 Å². The molecule has 198 valence electrons. The molecule has 9 heteroatoms. The molecule has 0 aliphatic carbocycles. The summed E-state index contributed by atoms with van der Waals surface area (Å²) in [5, 5.41) is 11.4. The van der Waals surface area contributed by atoms with E-state index in [1.165, 1.54) is 4.90 Å². The van der Waals surface area contributed by atoms with Gasteiger partial charge in [-0.05, 0) is 48.7 Å². The first-order valence-electron chi connectivity index (χ1n) is 12.9. The Hall–Kier alpha value is -4.27. The summed E-state index contributed by atoms with van der Waals surface area (Å²) in [5.74, 6) is 0.0948. The van der Waals surface area contributed by atoms with E-state index in [4.69, 9.17) is 14.2 Å². The fourth-order valence-corrected chi connectivity index (χ4v) is 4.75. The fraction of sp³-hybridized carbons (Fsp3) is 0.345. The van der Waals surface area contributed by atoms with E-state index in [9.17, 15) is 14.7 Å². The van der Waals surface area contributed by atoms with Crippen molar-refractivity contribution >= 4 is 17.4 Å². The van der Waals surface area contributed by atoms with Gasteiger partial charge in [0.15, 0.2) is 11.5 Å². The monoisotopic (exact) mass is 517 g/mol. The number of aryl methyl sites for hydroxylation is 1. The van der Waals surface area contributed by atoms with E-state index in [1.807, 2.05) is 35.0 Å². The minimum absolute atomic E-state index is 0.0417. The number of hydrogen-bond donors (Lipinski definition) is 1. The highest BCUT2D eigenvalue weighted by atomic mass is 16.6. The molecule has 2 aliphatic heterocycles. The number of ether oxygens (including phenoxy) is 3. The summed E-state index contributed by atoms with van der Waals surface area (Å²) in [6, 6.07) is 11.6. The summed E-state index contributed by atoms with van der Waals surface area (Å²) in [7, 11) is 0. The molecular formula is C29H31N3O6. The number of carbonyl (C=O) groups is 2. The molecule has 3 heterocycles. The topological polar surface area (TPSA) is 103 Å². The number of hydrogen-bond acceptors (Lipinski definition) is 7. The van der Waals surface area contributed by atoms with Gasteiger partial charge in [-0.15, -0.1) is 0 Å². The third kappa shape index (κ3) is 5.22. The van der Waals surface area contributed by atoms with Crippen LogP contribution in [0.15, 0.2) is 66.8 Å².